The lowest BCUT2D eigenvalue weighted by Gasteiger charge is -2.15. The van der Waals surface area contributed by atoms with E-state index in [9.17, 15) is 0 Å². The van der Waals surface area contributed by atoms with Gasteiger partial charge in [0.2, 0.25) is 0 Å². The number of hydrogen-bond donors (Lipinski definition) is 0. The zero-order chi connectivity index (χ0) is 27.5. The average molecular weight is 575 g/mol. The van der Waals surface area contributed by atoms with Crippen molar-refractivity contribution in [3.05, 3.63) is 56.6 Å². The van der Waals surface area contributed by atoms with Gasteiger partial charge in [-0.1, -0.05) is 36.5 Å². The first-order chi connectivity index (χ1) is 18.1. The molecule has 38 heavy (non-hydrogen) atoms. The Bertz CT molecular complexity index is 1620. The number of fused-ring (bicyclic) bond motifs is 2. The summed E-state index contributed by atoms with van der Waals surface area (Å²) in [6.45, 7) is 3.60. The molecule has 0 radical (unpaired) electrons. The molecule has 14 heteroatoms. The highest BCUT2D eigenvalue weighted by Crippen LogP contribution is 2.44. The van der Waals surface area contributed by atoms with E-state index in [1.165, 1.54) is 0 Å². The molecular weight excluding hydrogens is 560 g/mol. The highest BCUT2D eigenvalue weighted by Gasteiger charge is 2.34. The Balaban J connectivity index is 1.88. The topological polar surface area (TPSA) is 51.6 Å². The first kappa shape index (κ1) is 26.4. The molecule has 0 N–H and O–H groups in total. The number of benzene rings is 3. The third kappa shape index (κ3) is 3.83. The van der Waals surface area contributed by atoms with E-state index in [2.05, 4.69) is 20.4 Å². The van der Waals surface area contributed by atoms with Crippen molar-refractivity contribution in [2.45, 2.75) is 39.5 Å². The molecule has 0 unspecified atom stereocenters. The molecule has 5 aromatic rings. The Kier molecular flexibility index (Phi) is 6.80. The lowest BCUT2D eigenvalue weighted by molar-refractivity contribution is 0.495. The van der Waals surface area contributed by atoms with Gasteiger partial charge in [0.15, 0.2) is 33.3 Å². The second-order valence-corrected chi connectivity index (χ2v) is 10.4. The van der Waals surface area contributed by atoms with E-state index in [-0.39, 0.29) is 0 Å². The fourth-order valence-corrected chi connectivity index (χ4v) is 6.06. The minimum atomic E-state index is -2.06. The van der Waals surface area contributed by atoms with E-state index in [0.717, 1.165) is 0 Å². The molecule has 0 aliphatic carbocycles. The van der Waals surface area contributed by atoms with E-state index < -0.39 is 89.2 Å². The number of aryl methyl sites for hydroxylation is 2. The first-order valence-electron chi connectivity index (χ1n) is 11.2. The maximum atomic E-state index is 15.6. The van der Waals surface area contributed by atoms with Crippen LogP contribution in [0.1, 0.15) is 36.7 Å². The van der Waals surface area contributed by atoms with E-state index in [1.807, 2.05) is 0 Å². The van der Waals surface area contributed by atoms with Gasteiger partial charge in [-0.25, -0.2) is 35.1 Å². The van der Waals surface area contributed by atoms with Gasteiger partial charge in [0.05, 0.1) is 32.7 Å². The molecule has 2 aromatic heterocycles. The number of rotatable bonds is 6. The zero-order valence-corrected chi connectivity index (χ0v) is 21.1. The molecule has 0 fully saturated rings. The van der Waals surface area contributed by atoms with Crippen LogP contribution in [-0.4, -0.2) is 20.4 Å². The Labute approximate surface area is 217 Å². The molecule has 0 amide bonds. The summed E-state index contributed by atoms with van der Waals surface area (Å²) >= 11 is 1.38. The molecule has 2 heterocycles. The van der Waals surface area contributed by atoms with Gasteiger partial charge < -0.3 is 0 Å². The van der Waals surface area contributed by atoms with E-state index in [1.54, 1.807) is 13.8 Å². The SMILES string of the molecule is CCCc1nnc(-c2c(F)c(F)c3c(F)c4c(F)c(-c5nnc(CCC)s5)c(F)c(F)c4c(F)c3c2F)s1. The molecule has 0 aliphatic rings. The molecule has 0 saturated heterocycles. The molecule has 4 nitrogen and oxygen atoms in total. The zero-order valence-electron chi connectivity index (χ0n) is 19.5. The summed E-state index contributed by atoms with van der Waals surface area (Å²) in [7, 11) is 0. The highest BCUT2D eigenvalue weighted by atomic mass is 32.1. The molecule has 0 spiro atoms. The number of nitrogens with zero attached hydrogens (tertiary/aromatic N) is 4. The summed E-state index contributed by atoms with van der Waals surface area (Å²) in [5, 5.41) is 8.12. The average Bonchev–Trinajstić information content (AvgIpc) is 3.53. The lowest BCUT2D eigenvalue weighted by atomic mass is 9.96. The van der Waals surface area contributed by atoms with Gasteiger partial charge in [-0.3, -0.25) is 0 Å². The minimum absolute atomic E-state index is 0.341. The monoisotopic (exact) mass is 574 g/mol. The Hall–Kier alpha value is -3.26. The van der Waals surface area contributed by atoms with Gasteiger partial charge in [-0.05, 0) is 12.8 Å². The summed E-state index contributed by atoms with van der Waals surface area (Å²) < 4.78 is 123. The quantitative estimate of drug-likeness (QED) is 0.117. The van der Waals surface area contributed by atoms with Crippen molar-refractivity contribution in [1.29, 1.82) is 0 Å². The Morgan fingerprint density at radius 3 is 1.13 bits per heavy atom. The van der Waals surface area contributed by atoms with Crippen molar-refractivity contribution in [3.63, 3.8) is 0 Å². The number of hydrogen-bond acceptors (Lipinski definition) is 6. The predicted molar refractivity (Wildman–Crippen MR) is 127 cm³/mol. The van der Waals surface area contributed by atoms with E-state index >= 15 is 35.1 Å². The van der Waals surface area contributed by atoms with Gasteiger partial charge in [0.1, 0.15) is 33.3 Å². The van der Waals surface area contributed by atoms with Gasteiger partial charge >= 0.3 is 0 Å². The highest BCUT2D eigenvalue weighted by molar-refractivity contribution is 7.15. The molecule has 0 aliphatic heterocycles. The third-order valence-electron chi connectivity index (χ3n) is 5.81. The van der Waals surface area contributed by atoms with Crippen LogP contribution in [0.3, 0.4) is 0 Å². The first-order valence-corrected chi connectivity index (χ1v) is 12.9. The molecule has 198 valence electrons. The largest absolute Gasteiger partial charge is 0.205 e. The Morgan fingerprint density at radius 1 is 0.447 bits per heavy atom. The van der Waals surface area contributed by atoms with Crippen LogP contribution < -0.4 is 0 Å². The molecule has 5 rings (SSSR count). The third-order valence-corrected chi connectivity index (χ3v) is 7.81. The van der Waals surface area contributed by atoms with Crippen LogP contribution in [0.4, 0.5) is 35.1 Å². The van der Waals surface area contributed by atoms with Gasteiger partial charge in [0, 0.05) is 12.8 Å². The van der Waals surface area contributed by atoms with Crippen molar-refractivity contribution < 1.29 is 35.1 Å². The second kappa shape index (κ2) is 9.80. The molecule has 0 bridgehead atoms. The molecular formula is C24H14F8N4S2. The fraction of sp³-hybridized carbons (Fsp3) is 0.250. The van der Waals surface area contributed by atoms with Crippen molar-refractivity contribution in [3.8, 4) is 21.1 Å². The molecule has 0 saturated carbocycles. The van der Waals surface area contributed by atoms with Gasteiger partial charge in [-0.2, -0.15) is 0 Å². The summed E-state index contributed by atoms with van der Waals surface area (Å²) in [6, 6.07) is 0. The van der Waals surface area contributed by atoms with Crippen LogP contribution in [-0.2, 0) is 12.8 Å². The standard InChI is InChI=1S/C24H14F8N4S2/c1-3-5-7-33-35-23(37-7)13-17(27)9-11(19(29)21(13)31)16(26)10-12(15(9)25)20(30)22(32)14(18(10)28)24-36-34-8(38-24)6-4-2/h3-6H2,1-2H3. The number of aromatic nitrogens is 4. The van der Waals surface area contributed by atoms with Crippen molar-refractivity contribution in [1.82, 2.24) is 20.4 Å². The molecule has 3 aromatic carbocycles. The van der Waals surface area contributed by atoms with Crippen molar-refractivity contribution >= 4 is 44.2 Å². The Morgan fingerprint density at radius 2 is 0.789 bits per heavy atom. The minimum Gasteiger partial charge on any atom is -0.205 e. The smallest absolute Gasteiger partial charge is 0.172 e. The fourth-order valence-electron chi connectivity index (χ4n) is 4.11. The summed E-state index contributed by atoms with van der Waals surface area (Å²) in [4.78, 5) is 0. The van der Waals surface area contributed by atoms with Gasteiger partial charge in [0.25, 0.3) is 0 Å². The van der Waals surface area contributed by atoms with Crippen LogP contribution in [0.25, 0.3) is 42.7 Å². The predicted octanol–water partition coefficient (Wildman–Crippen LogP) is 8.05. The van der Waals surface area contributed by atoms with Crippen LogP contribution in [0, 0.1) is 46.5 Å². The van der Waals surface area contributed by atoms with Crippen LogP contribution in [0.5, 0.6) is 0 Å². The second-order valence-electron chi connectivity index (χ2n) is 8.26. The number of halogens is 8. The van der Waals surface area contributed by atoms with E-state index in [4.69, 9.17) is 0 Å². The lowest BCUT2D eigenvalue weighted by Crippen LogP contribution is -2.06. The maximum absolute atomic E-state index is 15.6. The normalized spacial score (nSPS) is 11.8. The van der Waals surface area contributed by atoms with Gasteiger partial charge in [-0.15, -0.1) is 20.4 Å². The van der Waals surface area contributed by atoms with Crippen LogP contribution in [0.2, 0.25) is 0 Å². The molecule has 0 atom stereocenters. The summed E-state index contributed by atoms with van der Waals surface area (Å²) in [6.07, 6.45) is 1.97. The maximum Gasteiger partial charge on any atom is 0.172 e. The van der Waals surface area contributed by atoms with Crippen LogP contribution >= 0.6 is 22.7 Å². The van der Waals surface area contributed by atoms with E-state index in [0.29, 0.717) is 58.4 Å². The summed E-state index contributed by atoms with van der Waals surface area (Å²) in [5.74, 6) is -15.7. The summed E-state index contributed by atoms with van der Waals surface area (Å²) in [5.41, 5.74) is -2.33. The van der Waals surface area contributed by atoms with Crippen molar-refractivity contribution in [2.75, 3.05) is 0 Å². The van der Waals surface area contributed by atoms with Crippen LogP contribution in [0.15, 0.2) is 0 Å². The van der Waals surface area contributed by atoms with Crippen molar-refractivity contribution in [2.24, 2.45) is 0 Å².